The first-order chi connectivity index (χ1) is 10.2. The Morgan fingerprint density at radius 2 is 2.04 bits per heavy atom. The zero-order chi connectivity index (χ0) is 14.8. The van der Waals surface area contributed by atoms with E-state index in [4.69, 9.17) is 0 Å². The van der Waals surface area contributed by atoms with Crippen LogP contribution in [0.15, 0.2) is 12.4 Å². The van der Waals surface area contributed by atoms with Crippen LogP contribution in [0.5, 0.6) is 0 Å². The number of hydrogen-bond donors (Lipinski definition) is 2. The second-order valence-corrected chi connectivity index (χ2v) is 5.53. The predicted molar refractivity (Wildman–Crippen MR) is 82.6 cm³/mol. The summed E-state index contributed by atoms with van der Waals surface area (Å²) in [4.78, 5) is 15.7. The summed E-state index contributed by atoms with van der Waals surface area (Å²) in [6.07, 6.45) is 8.98. The third kappa shape index (κ3) is 4.03. The molecule has 1 saturated carbocycles. The summed E-state index contributed by atoms with van der Waals surface area (Å²) in [6, 6.07) is 0.340. The van der Waals surface area contributed by atoms with E-state index in [-0.39, 0.29) is 40.6 Å². The molecule has 2 aromatic rings. The quantitative estimate of drug-likeness (QED) is 0.747. The van der Waals surface area contributed by atoms with E-state index >= 15 is 0 Å². The summed E-state index contributed by atoms with van der Waals surface area (Å²) >= 11 is 0. The second-order valence-electron chi connectivity index (χ2n) is 5.53. The van der Waals surface area contributed by atoms with Crippen molar-refractivity contribution in [3.63, 3.8) is 0 Å². The number of aromatic carboxylic acids is 1. The molecule has 2 heterocycles. The number of aromatic nitrogens is 3. The van der Waals surface area contributed by atoms with E-state index < -0.39 is 5.97 Å². The Morgan fingerprint density at radius 3 is 2.65 bits per heavy atom. The topological polar surface area (TPSA) is 110 Å². The van der Waals surface area contributed by atoms with Crippen LogP contribution in [-0.4, -0.2) is 37.4 Å². The molecule has 0 amide bonds. The van der Waals surface area contributed by atoms with Gasteiger partial charge in [-0.25, -0.2) is 14.5 Å². The number of nitrogens with one attached hydrogen (secondary N) is 1. The Bertz CT molecular complexity index is 668. The molecule has 2 aromatic heterocycles. The number of fused-ring (bicyclic) bond motifs is 1. The van der Waals surface area contributed by atoms with Crippen molar-refractivity contribution in [3.8, 4) is 0 Å². The standard InChI is InChI=1S/C15H20N4O2.Na.H2O/c1-2-19-14-11(9-17-19)13(12(8-16-14)15(20)21)18-10-6-4-3-5-7-10;;/h8-10H,2-7H2,1H3,(H,16,18)(H,20,21);;1H2/q;+1;/p-1. The number of nitrogens with zero attached hydrogens (tertiary/aromatic N) is 3. The van der Waals surface area contributed by atoms with Crippen LogP contribution >= 0.6 is 0 Å². The van der Waals surface area contributed by atoms with Crippen molar-refractivity contribution in [2.75, 3.05) is 5.32 Å². The number of aryl methyl sites for hydroxylation is 1. The fourth-order valence-corrected chi connectivity index (χ4v) is 3.03. The molecule has 120 valence electrons. The average Bonchev–Trinajstić information content (AvgIpc) is 2.92. The van der Waals surface area contributed by atoms with E-state index in [1.54, 1.807) is 10.9 Å². The Morgan fingerprint density at radius 1 is 1.35 bits per heavy atom. The number of carboxylic acid groups (broad SMARTS) is 1. The zero-order valence-corrected chi connectivity index (χ0v) is 15.6. The third-order valence-electron chi connectivity index (χ3n) is 4.15. The fraction of sp³-hybridized carbons (Fsp3) is 0.533. The van der Waals surface area contributed by atoms with E-state index in [2.05, 4.69) is 15.4 Å². The fourth-order valence-electron chi connectivity index (χ4n) is 3.03. The van der Waals surface area contributed by atoms with Crippen molar-refractivity contribution < 1.29 is 44.9 Å². The van der Waals surface area contributed by atoms with E-state index in [1.807, 2.05) is 6.92 Å². The van der Waals surface area contributed by atoms with E-state index in [0.717, 1.165) is 23.9 Å². The van der Waals surface area contributed by atoms with E-state index in [9.17, 15) is 9.90 Å². The van der Waals surface area contributed by atoms with Crippen molar-refractivity contribution in [1.82, 2.24) is 14.8 Å². The first kappa shape index (κ1) is 19.9. The molecule has 8 heteroatoms. The maximum Gasteiger partial charge on any atom is 1.00 e. The van der Waals surface area contributed by atoms with Gasteiger partial charge >= 0.3 is 35.5 Å². The van der Waals surface area contributed by atoms with Crippen molar-refractivity contribution in [3.05, 3.63) is 18.0 Å². The summed E-state index contributed by atoms with van der Waals surface area (Å²) in [5, 5.41) is 17.9. The van der Waals surface area contributed by atoms with Gasteiger partial charge in [0, 0.05) is 18.8 Å². The summed E-state index contributed by atoms with van der Waals surface area (Å²) in [7, 11) is 0. The zero-order valence-electron chi connectivity index (χ0n) is 13.6. The number of rotatable bonds is 4. The molecule has 0 saturated heterocycles. The van der Waals surface area contributed by atoms with Crippen molar-refractivity contribution in [1.29, 1.82) is 0 Å². The molecule has 1 aliphatic rings. The molecule has 0 radical (unpaired) electrons. The first-order valence-corrected chi connectivity index (χ1v) is 7.55. The number of carboxylic acids is 1. The van der Waals surface area contributed by atoms with Crippen LogP contribution in [0.3, 0.4) is 0 Å². The Labute approximate surface area is 157 Å². The molecule has 0 unspecified atom stereocenters. The molecule has 0 bridgehead atoms. The van der Waals surface area contributed by atoms with Gasteiger partial charge in [-0.15, -0.1) is 0 Å². The van der Waals surface area contributed by atoms with Gasteiger partial charge in [0.05, 0.1) is 17.3 Å². The number of carbonyl (C=O) groups is 1. The smallest absolute Gasteiger partial charge is 0.870 e. The summed E-state index contributed by atoms with van der Waals surface area (Å²) in [5.74, 6) is -0.952. The van der Waals surface area contributed by atoms with Crippen LogP contribution in [0.2, 0.25) is 0 Å². The van der Waals surface area contributed by atoms with Gasteiger partial charge in [-0.3, -0.25) is 0 Å². The Kier molecular flexibility index (Phi) is 7.47. The molecule has 7 nitrogen and oxygen atoms in total. The molecule has 23 heavy (non-hydrogen) atoms. The molecule has 0 atom stereocenters. The van der Waals surface area contributed by atoms with E-state index in [1.165, 1.54) is 25.5 Å². The second kappa shape index (κ2) is 8.63. The van der Waals surface area contributed by atoms with Gasteiger partial charge < -0.3 is 15.9 Å². The monoisotopic (exact) mass is 328 g/mol. The van der Waals surface area contributed by atoms with Crippen LogP contribution in [-0.2, 0) is 6.54 Å². The van der Waals surface area contributed by atoms with Crippen molar-refractivity contribution in [2.45, 2.75) is 51.6 Å². The van der Waals surface area contributed by atoms with Crippen LogP contribution < -0.4 is 34.9 Å². The Balaban J connectivity index is 0.00000132. The minimum Gasteiger partial charge on any atom is -0.870 e. The summed E-state index contributed by atoms with van der Waals surface area (Å²) in [5.41, 5.74) is 1.63. The van der Waals surface area contributed by atoms with Gasteiger partial charge in [0.15, 0.2) is 5.65 Å². The first-order valence-electron chi connectivity index (χ1n) is 7.55. The van der Waals surface area contributed by atoms with Crippen LogP contribution in [0, 0.1) is 0 Å². The number of anilines is 1. The maximum atomic E-state index is 11.5. The van der Waals surface area contributed by atoms with Crippen molar-refractivity contribution >= 4 is 22.7 Å². The minimum absolute atomic E-state index is 0. The van der Waals surface area contributed by atoms with Crippen LogP contribution in [0.4, 0.5) is 5.69 Å². The molecule has 3 rings (SSSR count). The molecule has 3 N–H and O–H groups in total. The molecular weight excluding hydrogens is 307 g/mol. The van der Waals surface area contributed by atoms with Gasteiger partial charge in [0.25, 0.3) is 0 Å². The molecule has 1 fully saturated rings. The van der Waals surface area contributed by atoms with E-state index in [0.29, 0.717) is 18.3 Å². The van der Waals surface area contributed by atoms with Gasteiger partial charge in [-0.05, 0) is 19.8 Å². The van der Waals surface area contributed by atoms with Gasteiger partial charge in [0.2, 0.25) is 0 Å². The van der Waals surface area contributed by atoms with Crippen molar-refractivity contribution in [2.24, 2.45) is 0 Å². The normalized spacial score (nSPS) is 14.8. The number of pyridine rings is 1. The molecular formula is C15H21N4NaO3. The minimum atomic E-state index is -0.952. The van der Waals surface area contributed by atoms with Gasteiger partial charge in [-0.1, -0.05) is 19.3 Å². The summed E-state index contributed by atoms with van der Waals surface area (Å²) in [6.45, 7) is 2.71. The molecule has 0 aromatic carbocycles. The van der Waals surface area contributed by atoms with Gasteiger partial charge in [0.1, 0.15) is 5.56 Å². The maximum absolute atomic E-state index is 11.5. The largest absolute Gasteiger partial charge is 1.00 e. The molecule has 0 spiro atoms. The van der Waals surface area contributed by atoms with Crippen LogP contribution in [0.1, 0.15) is 49.4 Å². The van der Waals surface area contributed by atoms with Crippen LogP contribution in [0.25, 0.3) is 11.0 Å². The third-order valence-corrected chi connectivity index (χ3v) is 4.15. The predicted octanol–water partition coefficient (Wildman–Crippen LogP) is -0.279. The average molecular weight is 328 g/mol. The Hall–Kier alpha value is -1.15. The molecule has 0 aliphatic heterocycles. The molecule has 1 aliphatic carbocycles. The van der Waals surface area contributed by atoms with Gasteiger partial charge in [-0.2, -0.15) is 5.10 Å². The summed E-state index contributed by atoms with van der Waals surface area (Å²) < 4.78 is 1.78. The SMILES string of the molecule is CCn1ncc2c(NC3CCCCC3)c(C(=O)O)cnc21.[Na+].[OH-]. The number of hydrogen-bond acceptors (Lipinski definition) is 5.